The molecule has 0 bridgehead atoms. The van der Waals surface area contributed by atoms with Gasteiger partial charge in [-0.05, 0) is 67.6 Å². The lowest BCUT2D eigenvalue weighted by molar-refractivity contribution is -0.115. The average molecular weight is 504 g/mol. The van der Waals surface area contributed by atoms with E-state index in [0.717, 1.165) is 40.8 Å². The summed E-state index contributed by atoms with van der Waals surface area (Å²) in [6.45, 7) is 3.82. The second-order valence-corrected chi connectivity index (χ2v) is 9.71. The number of ether oxygens (including phenoxy) is 1. The maximum absolute atomic E-state index is 13.0. The van der Waals surface area contributed by atoms with Crippen molar-refractivity contribution in [1.82, 2.24) is 15.5 Å². The van der Waals surface area contributed by atoms with Crippen molar-refractivity contribution in [3.63, 3.8) is 0 Å². The molecule has 8 heteroatoms. The molecular weight excluding hydrogens is 478 g/mol. The van der Waals surface area contributed by atoms with Crippen LogP contribution in [0.2, 0.25) is 0 Å². The summed E-state index contributed by atoms with van der Waals surface area (Å²) in [6.07, 6.45) is 2.07. The van der Waals surface area contributed by atoms with Gasteiger partial charge in [-0.25, -0.2) is 4.99 Å². The van der Waals surface area contributed by atoms with E-state index < -0.39 is 0 Å². The molecule has 0 saturated carbocycles. The Morgan fingerprint density at radius 1 is 1.16 bits per heavy atom. The highest BCUT2D eigenvalue weighted by Gasteiger charge is 2.30. The summed E-state index contributed by atoms with van der Waals surface area (Å²) in [4.78, 5) is 22.2. The number of aliphatic imine (C=N–C) groups is 1. The molecule has 1 aliphatic carbocycles. The Bertz CT molecular complexity index is 1630. The summed E-state index contributed by atoms with van der Waals surface area (Å²) in [5.41, 5.74) is 6.56. The van der Waals surface area contributed by atoms with Crippen LogP contribution < -0.4 is 10.1 Å². The van der Waals surface area contributed by atoms with E-state index in [9.17, 15) is 10.1 Å². The van der Waals surface area contributed by atoms with Crippen molar-refractivity contribution in [1.29, 1.82) is 5.26 Å². The number of nitriles is 1. The first-order chi connectivity index (χ1) is 18.5. The summed E-state index contributed by atoms with van der Waals surface area (Å²) in [5.74, 6) is 1.18. The lowest BCUT2D eigenvalue weighted by Gasteiger charge is -2.14. The Morgan fingerprint density at radius 2 is 2.03 bits per heavy atom. The van der Waals surface area contributed by atoms with Crippen LogP contribution in [0.25, 0.3) is 22.8 Å². The second-order valence-electron chi connectivity index (χ2n) is 9.71. The molecule has 0 unspecified atom stereocenters. The quantitative estimate of drug-likeness (QED) is 0.372. The number of nitrogens with one attached hydrogen (secondary N) is 1. The molecule has 38 heavy (non-hydrogen) atoms. The molecule has 8 nitrogen and oxygen atoms in total. The van der Waals surface area contributed by atoms with E-state index in [1.807, 2.05) is 56.3 Å². The van der Waals surface area contributed by atoms with Crippen LogP contribution >= 0.6 is 0 Å². The zero-order valence-corrected chi connectivity index (χ0v) is 21.1. The van der Waals surface area contributed by atoms with E-state index in [2.05, 4.69) is 26.5 Å². The first kappa shape index (κ1) is 23.6. The summed E-state index contributed by atoms with van der Waals surface area (Å²) >= 11 is 0. The minimum Gasteiger partial charge on any atom is -0.490 e. The van der Waals surface area contributed by atoms with Gasteiger partial charge < -0.3 is 14.6 Å². The van der Waals surface area contributed by atoms with E-state index in [1.54, 1.807) is 18.2 Å². The summed E-state index contributed by atoms with van der Waals surface area (Å²) < 4.78 is 11.3. The number of nitrogens with zero attached hydrogens (tertiary/aromatic N) is 4. The van der Waals surface area contributed by atoms with Gasteiger partial charge in [0.1, 0.15) is 17.5 Å². The van der Waals surface area contributed by atoms with Gasteiger partial charge in [-0.1, -0.05) is 41.6 Å². The summed E-state index contributed by atoms with van der Waals surface area (Å²) in [7, 11) is 0. The van der Waals surface area contributed by atoms with Gasteiger partial charge in [0.25, 0.3) is 11.8 Å². The molecule has 0 saturated heterocycles. The predicted molar refractivity (Wildman–Crippen MR) is 142 cm³/mol. The van der Waals surface area contributed by atoms with Crippen molar-refractivity contribution in [2.24, 2.45) is 4.99 Å². The summed E-state index contributed by atoms with van der Waals surface area (Å²) in [6, 6.07) is 21.1. The molecule has 0 radical (unpaired) electrons. The third-order valence-electron chi connectivity index (χ3n) is 6.82. The number of carbonyl (C=O) groups is 1. The highest BCUT2D eigenvalue weighted by Crippen LogP contribution is 2.38. The molecule has 2 aliphatic rings. The van der Waals surface area contributed by atoms with Gasteiger partial charge in [-0.3, -0.25) is 4.79 Å². The van der Waals surface area contributed by atoms with Crippen LogP contribution in [0.5, 0.6) is 5.75 Å². The first-order valence-electron chi connectivity index (χ1n) is 12.6. The maximum atomic E-state index is 13.0. The Hall–Kier alpha value is -4.77. The van der Waals surface area contributed by atoms with E-state index >= 15 is 0 Å². The smallest absolute Gasteiger partial charge is 0.266 e. The maximum Gasteiger partial charge on any atom is 0.266 e. The fourth-order valence-electron chi connectivity index (χ4n) is 5.08. The highest BCUT2D eigenvalue weighted by atomic mass is 16.5. The molecule has 188 valence electrons. The minimum atomic E-state index is -0.135. The molecule has 1 atom stereocenters. The molecule has 3 aromatic carbocycles. The Labute approximate surface area is 220 Å². The average Bonchev–Trinajstić information content (AvgIpc) is 3.67. The van der Waals surface area contributed by atoms with Gasteiger partial charge >= 0.3 is 0 Å². The summed E-state index contributed by atoms with van der Waals surface area (Å²) in [5, 5.41) is 17.0. The fourth-order valence-corrected chi connectivity index (χ4v) is 5.08. The number of fused-ring (bicyclic) bond motifs is 2. The normalized spacial score (nSPS) is 15.5. The number of carbonyl (C=O) groups excluding carboxylic acids is 1. The minimum absolute atomic E-state index is 0.0424. The van der Waals surface area contributed by atoms with Gasteiger partial charge in [0, 0.05) is 17.5 Å². The molecule has 1 aromatic heterocycles. The van der Waals surface area contributed by atoms with Crippen LogP contribution in [0.15, 0.2) is 70.2 Å². The molecule has 2 heterocycles. The molecular formula is C30H25N5O3. The highest BCUT2D eigenvalue weighted by molar-refractivity contribution is 6.41. The monoisotopic (exact) mass is 503 g/mol. The Morgan fingerprint density at radius 3 is 2.84 bits per heavy atom. The molecule has 0 spiro atoms. The fraction of sp³-hybridized carbons (Fsp3) is 0.233. The molecule has 4 aromatic rings. The molecule has 1 N–H and O–H groups in total. The van der Waals surface area contributed by atoms with Crippen molar-refractivity contribution in [2.45, 2.75) is 45.3 Å². The number of aromatic nitrogens is 2. The Balaban J connectivity index is 1.22. The van der Waals surface area contributed by atoms with E-state index in [1.165, 1.54) is 0 Å². The van der Waals surface area contributed by atoms with Crippen LogP contribution in [0.1, 0.15) is 48.6 Å². The van der Waals surface area contributed by atoms with Crippen LogP contribution in [-0.4, -0.2) is 27.9 Å². The van der Waals surface area contributed by atoms with Crippen molar-refractivity contribution in [3.8, 4) is 34.7 Å². The SMILES string of the molecule is CC(C)Oc1ccc(-c2nc(-c3cccc4c3CC[C@@H]4NC(=O)C3=Nc4ccccc4C3)no2)cc1C#N. The van der Waals surface area contributed by atoms with E-state index in [0.29, 0.717) is 40.7 Å². The molecule has 6 rings (SSSR count). The van der Waals surface area contributed by atoms with Gasteiger partial charge in [0.2, 0.25) is 5.82 Å². The van der Waals surface area contributed by atoms with E-state index in [4.69, 9.17) is 9.26 Å². The van der Waals surface area contributed by atoms with Crippen molar-refractivity contribution >= 4 is 17.3 Å². The van der Waals surface area contributed by atoms with Crippen LogP contribution in [0.3, 0.4) is 0 Å². The number of hydrogen-bond donors (Lipinski definition) is 1. The number of benzene rings is 3. The molecule has 1 amide bonds. The van der Waals surface area contributed by atoms with Gasteiger partial charge in [-0.2, -0.15) is 10.2 Å². The largest absolute Gasteiger partial charge is 0.490 e. The predicted octanol–water partition coefficient (Wildman–Crippen LogP) is 5.49. The number of hydrogen-bond acceptors (Lipinski definition) is 7. The van der Waals surface area contributed by atoms with Crippen LogP contribution in [0.4, 0.5) is 5.69 Å². The van der Waals surface area contributed by atoms with Gasteiger partial charge in [0.05, 0.1) is 23.4 Å². The van der Waals surface area contributed by atoms with Gasteiger partial charge in [0.15, 0.2) is 0 Å². The standard InChI is InChI=1S/C30H25N5O3/c1-17(2)37-27-13-10-19(14-20(27)16-31)30-34-28(35-38-30)23-8-5-7-22-21(23)11-12-25(22)33-29(36)26-15-18-6-3-4-9-24(18)32-26/h3-10,13-14,17,25H,11-12,15H2,1-2H3,(H,33,36)/t25-/m0/s1. The van der Waals surface area contributed by atoms with Crippen LogP contribution in [-0.2, 0) is 17.6 Å². The number of amides is 1. The van der Waals surface area contributed by atoms with Crippen molar-refractivity contribution in [3.05, 3.63) is 82.9 Å². The Kier molecular flexibility index (Phi) is 5.97. The zero-order valence-electron chi connectivity index (χ0n) is 21.1. The third kappa shape index (κ3) is 4.33. The molecule has 0 fully saturated rings. The van der Waals surface area contributed by atoms with Crippen molar-refractivity contribution in [2.75, 3.05) is 0 Å². The van der Waals surface area contributed by atoms with Crippen LogP contribution in [0, 0.1) is 11.3 Å². The number of para-hydroxylation sites is 1. The van der Waals surface area contributed by atoms with Crippen molar-refractivity contribution < 1.29 is 14.1 Å². The topological polar surface area (TPSA) is 113 Å². The van der Waals surface area contributed by atoms with E-state index in [-0.39, 0.29) is 18.1 Å². The second kappa shape index (κ2) is 9.60. The first-order valence-corrected chi connectivity index (χ1v) is 12.6. The molecule has 1 aliphatic heterocycles. The third-order valence-corrected chi connectivity index (χ3v) is 6.82. The lowest BCUT2D eigenvalue weighted by atomic mass is 10.0. The van der Waals surface area contributed by atoms with Gasteiger partial charge in [-0.15, -0.1) is 0 Å². The number of rotatable bonds is 6. The lowest BCUT2D eigenvalue weighted by Crippen LogP contribution is -2.33. The zero-order chi connectivity index (χ0) is 26.2.